The number of piperazine rings is 1. The van der Waals surface area contributed by atoms with Crippen LogP contribution in [0.15, 0.2) is 66.7 Å². The zero-order valence-electron chi connectivity index (χ0n) is 16.8. The molecule has 6 heteroatoms. The molecule has 0 aliphatic carbocycles. The number of nitrogens with zero attached hydrogens (tertiary/aromatic N) is 2. The molecule has 0 bridgehead atoms. The third kappa shape index (κ3) is 3.76. The number of nitrogens with one attached hydrogen (secondary N) is 1. The first-order valence-electron chi connectivity index (χ1n) is 10.0. The van der Waals surface area contributed by atoms with E-state index in [4.69, 9.17) is 0 Å². The zero-order chi connectivity index (χ0) is 21.1. The van der Waals surface area contributed by atoms with Crippen molar-refractivity contribution in [3.63, 3.8) is 0 Å². The molecule has 152 valence electrons. The molecule has 0 aromatic heterocycles. The first kappa shape index (κ1) is 19.6. The highest BCUT2D eigenvalue weighted by Gasteiger charge is 2.34. The van der Waals surface area contributed by atoms with Gasteiger partial charge in [-0.15, -0.1) is 0 Å². The van der Waals surface area contributed by atoms with Gasteiger partial charge in [0.15, 0.2) is 0 Å². The van der Waals surface area contributed by atoms with Crippen LogP contribution in [-0.2, 0) is 20.8 Å². The molecule has 0 saturated carbocycles. The van der Waals surface area contributed by atoms with E-state index in [1.165, 1.54) is 9.80 Å². The van der Waals surface area contributed by atoms with Gasteiger partial charge in [-0.2, -0.15) is 0 Å². The predicted molar refractivity (Wildman–Crippen MR) is 117 cm³/mol. The lowest BCUT2D eigenvalue weighted by Gasteiger charge is -2.34. The fourth-order valence-electron chi connectivity index (χ4n) is 3.81. The molecule has 1 fully saturated rings. The Kier molecular flexibility index (Phi) is 5.48. The molecule has 3 amide bonds. The van der Waals surface area contributed by atoms with Crippen molar-refractivity contribution in [2.24, 2.45) is 0 Å². The highest BCUT2D eigenvalue weighted by atomic mass is 16.2. The minimum absolute atomic E-state index is 0.147. The van der Waals surface area contributed by atoms with Crippen molar-refractivity contribution in [2.75, 3.05) is 29.9 Å². The number of hydrogen-bond donors (Lipinski definition) is 1. The summed E-state index contributed by atoms with van der Waals surface area (Å²) in [6, 6.07) is 21.0. The van der Waals surface area contributed by atoms with Gasteiger partial charge in [0.05, 0.1) is 5.69 Å². The van der Waals surface area contributed by atoms with Crippen molar-refractivity contribution in [2.45, 2.75) is 13.3 Å². The lowest BCUT2D eigenvalue weighted by Crippen LogP contribution is -2.56. The molecule has 1 N–H and O–H groups in total. The van der Waals surface area contributed by atoms with E-state index < -0.39 is 11.8 Å². The summed E-state index contributed by atoms with van der Waals surface area (Å²) in [4.78, 5) is 40.9. The molecule has 0 unspecified atom stereocenters. The monoisotopic (exact) mass is 401 g/mol. The van der Waals surface area contributed by atoms with Gasteiger partial charge in [0.1, 0.15) is 6.54 Å². The van der Waals surface area contributed by atoms with E-state index in [0.29, 0.717) is 18.8 Å². The second kappa shape index (κ2) is 8.37. The highest BCUT2D eigenvalue weighted by molar-refractivity contribution is 6.41. The van der Waals surface area contributed by atoms with Crippen LogP contribution in [0.1, 0.15) is 12.5 Å². The van der Waals surface area contributed by atoms with E-state index >= 15 is 0 Å². The maximum atomic E-state index is 12.8. The summed E-state index contributed by atoms with van der Waals surface area (Å²) < 4.78 is 0. The van der Waals surface area contributed by atoms with E-state index in [1.54, 1.807) is 0 Å². The number of para-hydroxylation sites is 1. The van der Waals surface area contributed by atoms with Crippen LogP contribution in [0, 0.1) is 0 Å². The summed E-state index contributed by atoms with van der Waals surface area (Å²) in [5.41, 5.74) is 2.47. The van der Waals surface area contributed by atoms with Crippen LogP contribution in [0.4, 0.5) is 11.4 Å². The molecule has 1 saturated heterocycles. The minimum Gasteiger partial charge on any atom is -0.324 e. The summed E-state index contributed by atoms with van der Waals surface area (Å²) in [6.45, 7) is 2.51. The van der Waals surface area contributed by atoms with Crippen LogP contribution in [0.2, 0.25) is 0 Å². The summed E-state index contributed by atoms with van der Waals surface area (Å²) in [7, 11) is 0. The smallest absolute Gasteiger partial charge is 0.316 e. The fraction of sp³-hybridized carbons (Fsp3) is 0.208. The number of anilines is 2. The topological polar surface area (TPSA) is 69.7 Å². The van der Waals surface area contributed by atoms with Crippen LogP contribution < -0.4 is 10.2 Å². The molecule has 3 aromatic carbocycles. The number of rotatable bonds is 5. The van der Waals surface area contributed by atoms with Gasteiger partial charge < -0.3 is 15.1 Å². The Morgan fingerprint density at radius 2 is 1.63 bits per heavy atom. The van der Waals surface area contributed by atoms with Crippen LogP contribution >= 0.6 is 0 Å². The number of aryl methyl sites for hydroxylation is 1. The van der Waals surface area contributed by atoms with Crippen LogP contribution in [0.25, 0.3) is 10.8 Å². The van der Waals surface area contributed by atoms with Crippen molar-refractivity contribution in [1.82, 2.24) is 4.90 Å². The van der Waals surface area contributed by atoms with Crippen LogP contribution in [0.3, 0.4) is 0 Å². The molecule has 1 aliphatic rings. The minimum atomic E-state index is -0.659. The Balaban J connectivity index is 1.47. The Labute approximate surface area is 175 Å². The summed E-state index contributed by atoms with van der Waals surface area (Å²) >= 11 is 0. The number of carbonyl (C=O) groups is 3. The number of fused-ring (bicyclic) bond motifs is 1. The lowest BCUT2D eigenvalue weighted by molar-refractivity contribution is -0.147. The molecule has 0 atom stereocenters. The number of carbonyl (C=O) groups excluding carboxylic acids is 3. The SMILES string of the molecule is CCc1ccccc1NC(=O)CN1CCN(c2cccc3ccccc23)C(=O)C1=O. The molecule has 30 heavy (non-hydrogen) atoms. The van der Waals surface area contributed by atoms with Gasteiger partial charge in [-0.25, -0.2) is 0 Å². The molecular weight excluding hydrogens is 378 g/mol. The Morgan fingerprint density at radius 1 is 0.900 bits per heavy atom. The average Bonchev–Trinajstić information content (AvgIpc) is 2.77. The standard InChI is InChI=1S/C24H23N3O3/c1-2-17-8-4-6-12-20(17)25-22(28)16-26-14-15-27(24(30)23(26)29)21-13-7-10-18-9-3-5-11-19(18)21/h3-13H,2,14-16H2,1H3,(H,25,28). The van der Waals surface area contributed by atoms with Crippen molar-refractivity contribution in [3.05, 3.63) is 72.3 Å². The average molecular weight is 401 g/mol. The fourth-order valence-corrected chi connectivity index (χ4v) is 3.81. The van der Waals surface area contributed by atoms with E-state index in [2.05, 4.69) is 5.32 Å². The quantitative estimate of drug-likeness (QED) is 0.668. The van der Waals surface area contributed by atoms with E-state index in [1.807, 2.05) is 73.7 Å². The summed E-state index contributed by atoms with van der Waals surface area (Å²) in [5, 5.41) is 4.78. The van der Waals surface area contributed by atoms with E-state index in [9.17, 15) is 14.4 Å². The normalized spacial score (nSPS) is 14.3. The molecule has 1 aliphatic heterocycles. The Hall–Kier alpha value is -3.67. The van der Waals surface area contributed by atoms with E-state index in [0.717, 1.165) is 28.4 Å². The van der Waals surface area contributed by atoms with Gasteiger partial charge in [-0.3, -0.25) is 14.4 Å². The van der Waals surface area contributed by atoms with Crippen LogP contribution in [-0.4, -0.2) is 42.3 Å². The number of benzene rings is 3. The Morgan fingerprint density at radius 3 is 2.47 bits per heavy atom. The molecule has 6 nitrogen and oxygen atoms in total. The predicted octanol–water partition coefficient (Wildman–Crippen LogP) is 3.22. The lowest BCUT2D eigenvalue weighted by atomic mass is 10.1. The largest absolute Gasteiger partial charge is 0.324 e. The number of amides is 3. The molecule has 1 heterocycles. The second-order valence-electron chi connectivity index (χ2n) is 7.24. The first-order chi connectivity index (χ1) is 14.6. The third-order valence-electron chi connectivity index (χ3n) is 5.37. The van der Waals surface area contributed by atoms with Gasteiger partial charge in [0, 0.05) is 24.2 Å². The van der Waals surface area contributed by atoms with Crippen molar-refractivity contribution >= 4 is 39.9 Å². The van der Waals surface area contributed by atoms with Crippen LogP contribution in [0.5, 0.6) is 0 Å². The van der Waals surface area contributed by atoms with Gasteiger partial charge in [0.25, 0.3) is 0 Å². The van der Waals surface area contributed by atoms with Gasteiger partial charge in [-0.1, -0.05) is 61.5 Å². The molecule has 4 rings (SSSR count). The van der Waals surface area contributed by atoms with Crippen molar-refractivity contribution in [1.29, 1.82) is 0 Å². The van der Waals surface area contributed by atoms with Gasteiger partial charge in [-0.05, 0) is 29.5 Å². The highest BCUT2D eigenvalue weighted by Crippen LogP contribution is 2.28. The summed E-state index contributed by atoms with van der Waals surface area (Å²) in [6.07, 6.45) is 0.789. The molecule has 0 spiro atoms. The van der Waals surface area contributed by atoms with Crippen molar-refractivity contribution in [3.8, 4) is 0 Å². The van der Waals surface area contributed by atoms with E-state index in [-0.39, 0.29) is 12.5 Å². The maximum Gasteiger partial charge on any atom is 0.316 e. The molecule has 3 aromatic rings. The third-order valence-corrected chi connectivity index (χ3v) is 5.37. The van der Waals surface area contributed by atoms with Crippen molar-refractivity contribution < 1.29 is 14.4 Å². The molecule has 0 radical (unpaired) electrons. The maximum absolute atomic E-state index is 12.8. The number of hydrogen-bond acceptors (Lipinski definition) is 3. The first-order valence-corrected chi connectivity index (χ1v) is 10.0. The zero-order valence-corrected chi connectivity index (χ0v) is 16.8. The van der Waals surface area contributed by atoms with Gasteiger partial charge >= 0.3 is 11.8 Å². The van der Waals surface area contributed by atoms with Gasteiger partial charge in [0.2, 0.25) is 5.91 Å². The second-order valence-corrected chi connectivity index (χ2v) is 7.24. The summed E-state index contributed by atoms with van der Waals surface area (Å²) in [5.74, 6) is -1.58. The Bertz CT molecular complexity index is 1120. The molecular formula is C24H23N3O3.